The molecule has 1 aromatic carbocycles. The summed E-state index contributed by atoms with van der Waals surface area (Å²) in [4.78, 5) is 23.3. The Morgan fingerprint density at radius 1 is 1.52 bits per heavy atom. The van der Waals surface area contributed by atoms with Gasteiger partial charge >= 0.3 is 5.97 Å². The lowest BCUT2D eigenvalue weighted by molar-refractivity contribution is -0.384. The molecule has 2 rings (SSSR count). The van der Waals surface area contributed by atoms with Gasteiger partial charge in [-0.2, -0.15) is 0 Å². The van der Waals surface area contributed by atoms with Crippen LogP contribution in [0.25, 0.3) is 0 Å². The van der Waals surface area contributed by atoms with E-state index in [-0.39, 0.29) is 18.0 Å². The Bertz CT molecular complexity index is 546. The van der Waals surface area contributed by atoms with Gasteiger partial charge in [0.2, 0.25) is 0 Å². The van der Waals surface area contributed by atoms with Crippen molar-refractivity contribution in [3.8, 4) is 5.75 Å². The molecule has 0 saturated carbocycles. The minimum Gasteiger partial charge on any atom is -0.494 e. The van der Waals surface area contributed by atoms with Crippen LogP contribution in [0.4, 0.5) is 11.4 Å². The van der Waals surface area contributed by atoms with Crippen molar-refractivity contribution in [2.45, 2.75) is 19.8 Å². The van der Waals surface area contributed by atoms with Gasteiger partial charge in [-0.05, 0) is 19.3 Å². The lowest BCUT2D eigenvalue weighted by Gasteiger charge is -2.19. The van der Waals surface area contributed by atoms with E-state index in [1.807, 2.05) is 11.8 Å². The first-order valence-electron chi connectivity index (χ1n) is 6.88. The molecule has 0 spiro atoms. The van der Waals surface area contributed by atoms with Gasteiger partial charge in [-0.15, -0.1) is 0 Å². The quantitative estimate of drug-likeness (QED) is 0.639. The molecule has 1 fully saturated rings. The average molecular weight is 294 g/mol. The third kappa shape index (κ3) is 3.84. The Kier molecular flexibility index (Phi) is 4.62. The van der Waals surface area contributed by atoms with Gasteiger partial charge in [0.25, 0.3) is 5.69 Å². The zero-order valence-corrected chi connectivity index (χ0v) is 11.8. The van der Waals surface area contributed by atoms with Crippen LogP contribution in [0.15, 0.2) is 18.2 Å². The summed E-state index contributed by atoms with van der Waals surface area (Å²) in [6, 6.07) is 4.67. The maximum atomic E-state index is 11.0. The second-order valence-corrected chi connectivity index (χ2v) is 5.07. The van der Waals surface area contributed by atoms with Crippen LogP contribution in [0.1, 0.15) is 19.8 Å². The molecule has 0 amide bonds. The Hall–Kier alpha value is -2.31. The molecule has 1 heterocycles. The fourth-order valence-corrected chi connectivity index (χ4v) is 2.59. The fraction of sp³-hybridized carbons (Fsp3) is 0.500. The molecule has 0 aliphatic carbocycles. The number of nitro groups is 1. The van der Waals surface area contributed by atoms with E-state index in [0.29, 0.717) is 31.1 Å². The summed E-state index contributed by atoms with van der Waals surface area (Å²) < 4.78 is 5.36. The van der Waals surface area contributed by atoms with Gasteiger partial charge in [-0.1, -0.05) is 0 Å². The number of carboxylic acid groups (broad SMARTS) is 1. The van der Waals surface area contributed by atoms with E-state index in [1.165, 1.54) is 12.1 Å². The highest BCUT2D eigenvalue weighted by Crippen LogP contribution is 2.32. The Balaban J connectivity index is 2.19. The van der Waals surface area contributed by atoms with E-state index in [2.05, 4.69) is 0 Å². The van der Waals surface area contributed by atoms with Crippen molar-refractivity contribution in [3.63, 3.8) is 0 Å². The number of hydrogen-bond acceptors (Lipinski definition) is 5. The number of benzene rings is 1. The number of rotatable bonds is 6. The van der Waals surface area contributed by atoms with Crippen LogP contribution >= 0.6 is 0 Å². The molecule has 21 heavy (non-hydrogen) atoms. The summed E-state index contributed by atoms with van der Waals surface area (Å²) in [7, 11) is 0. The molecule has 1 unspecified atom stereocenters. The third-order valence-corrected chi connectivity index (χ3v) is 3.51. The van der Waals surface area contributed by atoms with E-state index >= 15 is 0 Å². The van der Waals surface area contributed by atoms with Crippen LogP contribution < -0.4 is 9.64 Å². The van der Waals surface area contributed by atoms with Crippen molar-refractivity contribution in [2.24, 2.45) is 5.92 Å². The summed E-state index contributed by atoms with van der Waals surface area (Å²) in [5.74, 6) is -0.267. The number of carbonyl (C=O) groups is 1. The van der Waals surface area contributed by atoms with Gasteiger partial charge in [-0.25, -0.2) is 0 Å². The van der Waals surface area contributed by atoms with Crippen LogP contribution in [-0.2, 0) is 4.79 Å². The highest BCUT2D eigenvalue weighted by molar-refractivity contribution is 5.67. The van der Waals surface area contributed by atoms with Crippen LogP contribution in [0.5, 0.6) is 5.75 Å². The Morgan fingerprint density at radius 3 is 2.90 bits per heavy atom. The third-order valence-electron chi connectivity index (χ3n) is 3.51. The zero-order chi connectivity index (χ0) is 15.4. The first-order valence-corrected chi connectivity index (χ1v) is 6.88. The number of nitrogens with zero attached hydrogens (tertiary/aromatic N) is 2. The van der Waals surface area contributed by atoms with E-state index in [0.717, 1.165) is 6.42 Å². The van der Waals surface area contributed by atoms with Crippen LogP contribution in [0.2, 0.25) is 0 Å². The maximum Gasteiger partial charge on any atom is 0.303 e. The number of hydrogen-bond donors (Lipinski definition) is 1. The lowest BCUT2D eigenvalue weighted by Crippen LogP contribution is -2.20. The van der Waals surface area contributed by atoms with E-state index in [1.54, 1.807) is 6.07 Å². The van der Waals surface area contributed by atoms with Crippen molar-refractivity contribution >= 4 is 17.3 Å². The molecule has 7 nitrogen and oxygen atoms in total. The molecule has 0 radical (unpaired) electrons. The Labute approximate surface area is 122 Å². The van der Waals surface area contributed by atoms with Crippen molar-refractivity contribution < 1.29 is 19.6 Å². The largest absolute Gasteiger partial charge is 0.494 e. The number of non-ortho nitro benzene ring substituents is 1. The molecular weight excluding hydrogens is 276 g/mol. The van der Waals surface area contributed by atoms with Crippen molar-refractivity contribution in [2.75, 3.05) is 24.6 Å². The van der Waals surface area contributed by atoms with Gasteiger partial charge in [0.1, 0.15) is 5.75 Å². The Morgan fingerprint density at radius 2 is 2.29 bits per heavy atom. The van der Waals surface area contributed by atoms with Gasteiger partial charge in [0.15, 0.2) is 0 Å². The summed E-state index contributed by atoms with van der Waals surface area (Å²) in [5, 5.41) is 19.8. The SMILES string of the molecule is CCOc1cc(N2CCC(CC(=O)O)C2)cc([N+](=O)[O-])c1. The van der Waals surface area contributed by atoms with Crippen molar-refractivity contribution in [1.29, 1.82) is 0 Å². The zero-order valence-electron chi connectivity index (χ0n) is 11.8. The molecule has 1 atom stereocenters. The molecule has 1 aromatic rings. The monoisotopic (exact) mass is 294 g/mol. The molecule has 1 aliphatic heterocycles. The smallest absolute Gasteiger partial charge is 0.303 e. The normalized spacial score (nSPS) is 17.8. The van der Waals surface area contributed by atoms with Crippen LogP contribution in [0, 0.1) is 16.0 Å². The number of carboxylic acids is 1. The topological polar surface area (TPSA) is 92.9 Å². The van der Waals surface area contributed by atoms with Gasteiger partial charge in [0.05, 0.1) is 17.6 Å². The standard InChI is InChI=1S/C14H18N2O5/c1-2-21-13-7-11(6-12(8-13)16(19)20)15-4-3-10(9-15)5-14(17)18/h6-8,10H,2-5,9H2,1H3,(H,17,18). The molecule has 1 N–H and O–H groups in total. The number of ether oxygens (including phenoxy) is 1. The number of nitro benzene ring substituents is 1. The molecule has 1 saturated heterocycles. The summed E-state index contributed by atoms with van der Waals surface area (Å²) in [6.45, 7) is 3.54. The van der Waals surface area contributed by atoms with E-state index in [9.17, 15) is 14.9 Å². The molecule has 0 bridgehead atoms. The lowest BCUT2D eigenvalue weighted by atomic mass is 10.1. The summed E-state index contributed by atoms with van der Waals surface area (Å²) in [6.07, 6.45) is 0.905. The number of anilines is 1. The van der Waals surface area contributed by atoms with E-state index in [4.69, 9.17) is 9.84 Å². The predicted octanol–water partition coefficient (Wildman–Crippen LogP) is 2.29. The summed E-state index contributed by atoms with van der Waals surface area (Å²) >= 11 is 0. The van der Waals surface area contributed by atoms with Crippen LogP contribution in [0.3, 0.4) is 0 Å². The average Bonchev–Trinajstić information content (AvgIpc) is 2.86. The first kappa shape index (κ1) is 15.1. The molecule has 114 valence electrons. The highest BCUT2D eigenvalue weighted by atomic mass is 16.6. The minimum atomic E-state index is -0.809. The molecule has 1 aliphatic rings. The molecular formula is C14H18N2O5. The maximum absolute atomic E-state index is 11.0. The van der Waals surface area contributed by atoms with Gasteiger partial charge in [0, 0.05) is 37.3 Å². The number of aliphatic carboxylic acids is 1. The summed E-state index contributed by atoms with van der Waals surface area (Å²) in [5.41, 5.74) is 0.693. The first-order chi connectivity index (χ1) is 9.99. The minimum absolute atomic E-state index is 0.0161. The fourth-order valence-electron chi connectivity index (χ4n) is 2.59. The van der Waals surface area contributed by atoms with Gasteiger partial charge < -0.3 is 14.7 Å². The second kappa shape index (κ2) is 6.43. The van der Waals surface area contributed by atoms with Crippen LogP contribution in [-0.4, -0.2) is 35.7 Å². The molecule has 7 heteroatoms. The molecule has 0 aromatic heterocycles. The highest BCUT2D eigenvalue weighted by Gasteiger charge is 2.26. The predicted molar refractivity (Wildman–Crippen MR) is 76.8 cm³/mol. The second-order valence-electron chi connectivity index (χ2n) is 5.07. The van der Waals surface area contributed by atoms with E-state index < -0.39 is 10.9 Å². The van der Waals surface area contributed by atoms with Gasteiger partial charge in [-0.3, -0.25) is 14.9 Å². The van der Waals surface area contributed by atoms with Crippen molar-refractivity contribution in [3.05, 3.63) is 28.3 Å². The van der Waals surface area contributed by atoms with Crippen molar-refractivity contribution in [1.82, 2.24) is 0 Å².